The van der Waals surface area contributed by atoms with Crippen molar-refractivity contribution in [1.29, 1.82) is 0 Å². The minimum Gasteiger partial charge on any atom is -0.380 e. The fourth-order valence-corrected chi connectivity index (χ4v) is 2.39. The summed E-state index contributed by atoms with van der Waals surface area (Å²) in [5.74, 6) is 0. The highest BCUT2D eigenvalue weighted by molar-refractivity contribution is 9.10. The first-order valence-corrected chi connectivity index (χ1v) is 7.21. The van der Waals surface area contributed by atoms with Gasteiger partial charge in [0.15, 0.2) is 0 Å². The van der Waals surface area contributed by atoms with Crippen molar-refractivity contribution in [3.63, 3.8) is 0 Å². The van der Waals surface area contributed by atoms with Crippen molar-refractivity contribution in [3.05, 3.63) is 64.7 Å². The minimum atomic E-state index is 0.733. The Hall–Kier alpha value is -1.94. The molecule has 0 spiro atoms. The van der Waals surface area contributed by atoms with Crippen LogP contribution in [-0.4, -0.2) is 9.97 Å². The molecule has 1 aromatic carbocycles. The Morgan fingerprint density at radius 3 is 2.85 bits per heavy atom. The van der Waals surface area contributed by atoms with Crippen molar-refractivity contribution >= 4 is 32.4 Å². The van der Waals surface area contributed by atoms with E-state index in [1.165, 1.54) is 10.9 Å². The lowest BCUT2D eigenvalue weighted by atomic mass is 10.1. The van der Waals surface area contributed by atoms with Crippen molar-refractivity contribution in [1.82, 2.24) is 9.97 Å². The third-order valence-corrected chi connectivity index (χ3v) is 4.08. The molecular formula is C16H14BrN3. The fraction of sp³-hybridized carbons (Fsp3) is 0.125. The topological polar surface area (TPSA) is 37.8 Å². The summed E-state index contributed by atoms with van der Waals surface area (Å²) in [6, 6.07) is 10.4. The van der Waals surface area contributed by atoms with Crippen LogP contribution in [0.15, 0.2) is 53.5 Å². The molecule has 3 aromatic rings. The highest BCUT2D eigenvalue weighted by Gasteiger charge is 2.02. The maximum Gasteiger partial charge on any atom is 0.109 e. The fourth-order valence-electron chi connectivity index (χ4n) is 2.17. The lowest BCUT2D eigenvalue weighted by molar-refractivity contribution is 1.11. The number of aromatic nitrogens is 2. The summed E-state index contributed by atoms with van der Waals surface area (Å²) < 4.78 is 0.884. The van der Waals surface area contributed by atoms with E-state index in [1.54, 1.807) is 0 Å². The van der Waals surface area contributed by atoms with Crippen molar-refractivity contribution < 1.29 is 0 Å². The van der Waals surface area contributed by atoms with Crippen molar-refractivity contribution in [3.8, 4) is 0 Å². The molecule has 3 rings (SSSR count). The van der Waals surface area contributed by atoms with Crippen LogP contribution in [0.5, 0.6) is 0 Å². The average Bonchev–Trinajstić information content (AvgIpc) is 2.48. The average molecular weight is 328 g/mol. The van der Waals surface area contributed by atoms with Gasteiger partial charge in [0.2, 0.25) is 0 Å². The number of pyridine rings is 2. The number of anilines is 1. The molecule has 0 fully saturated rings. The van der Waals surface area contributed by atoms with Gasteiger partial charge in [0.1, 0.15) is 4.60 Å². The number of rotatable bonds is 3. The van der Waals surface area contributed by atoms with E-state index in [2.05, 4.69) is 55.5 Å². The standard InChI is InChI=1S/C16H14BrN3/c1-11-6-14(10-20-16(11)17)19-9-13-8-18-7-12-4-2-3-5-15(12)13/h2-8,10,19H,9H2,1H3. The zero-order valence-electron chi connectivity index (χ0n) is 11.1. The quantitative estimate of drug-likeness (QED) is 0.728. The molecule has 1 N–H and O–H groups in total. The van der Waals surface area contributed by atoms with Gasteiger partial charge >= 0.3 is 0 Å². The van der Waals surface area contributed by atoms with Gasteiger partial charge in [-0.15, -0.1) is 0 Å². The predicted octanol–water partition coefficient (Wildman–Crippen LogP) is 4.31. The zero-order valence-corrected chi connectivity index (χ0v) is 12.7. The minimum absolute atomic E-state index is 0.733. The summed E-state index contributed by atoms with van der Waals surface area (Å²) in [7, 11) is 0. The van der Waals surface area contributed by atoms with E-state index in [0.717, 1.165) is 27.8 Å². The van der Waals surface area contributed by atoms with Crippen LogP contribution in [0.4, 0.5) is 5.69 Å². The number of halogens is 1. The van der Waals surface area contributed by atoms with Crippen LogP contribution in [0.3, 0.4) is 0 Å². The normalized spacial score (nSPS) is 10.7. The van der Waals surface area contributed by atoms with Gasteiger partial charge in [-0.3, -0.25) is 4.98 Å². The molecule has 0 amide bonds. The second kappa shape index (κ2) is 5.59. The van der Waals surface area contributed by atoms with Crippen LogP contribution in [0.1, 0.15) is 11.1 Å². The summed E-state index contributed by atoms with van der Waals surface area (Å²) >= 11 is 3.41. The Morgan fingerprint density at radius 2 is 2.00 bits per heavy atom. The summed E-state index contributed by atoms with van der Waals surface area (Å²) in [4.78, 5) is 8.59. The van der Waals surface area contributed by atoms with E-state index in [-0.39, 0.29) is 0 Å². The van der Waals surface area contributed by atoms with Gasteiger partial charge in [0.25, 0.3) is 0 Å². The molecule has 0 aliphatic heterocycles. The van der Waals surface area contributed by atoms with E-state index in [1.807, 2.05) is 31.6 Å². The second-order valence-electron chi connectivity index (χ2n) is 4.71. The maximum absolute atomic E-state index is 4.29. The van der Waals surface area contributed by atoms with Crippen LogP contribution in [0.2, 0.25) is 0 Å². The number of nitrogens with one attached hydrogen (secondary N) is 1. The van der Waals surface area contributed by atoms with E-state index in [4.69, 9.17) is 0 Å². The molecule has 100 valence electrons. The summed E-state index contributed by atoms with van der Waals surface area (Å²) in [5.41, 5.74) is 3.31. The Morgan fingerprint density at radius 1 is 1.15 bits per heavy atom. The first kappa shape index (κ1) is 13.1. The number of aryl methyl sites for hydroxylation is 1. The van der Waals surface area contributed by atoms with E-state index >= 15 is 0 Å². The predicted molar refractivity (Wildman–Crippen MR) is 85.7 cm³/mol. The molecule has 0 saturated carbocycles. The Balaban J connectivity index is 1.85. The molecule has 0 atom stereocenters. The van der Waals surface area contributed by atoms with Crippen LogP contribution in [-0.2, 0) is 6.54 Å². The van der Waals surface area contributed by atoms with Gasteiger partial charge in [0.05, 0.1) is 11.9 Å². The Kier molecular flexibility index (Phi) is 3.65. The SMILES string of the molecule is Cc1cc(NCc2cncc3ccccc23)cnc1Br. The molecule has 0 saturated heterocycles. The maximum atomic E-state index is 4.29. The molecule has 4 heteroatoms. The first-order chi connectivity index (χ1) is 9.74. The second-order valence-corrected chi connectivity index (χ2v) is 5.46. The summed E-state index contributed by atoms with van der Waals surface area (Å²) in [6.45, 7) is 2.76. The van der Waals surface area contributed by atoms with Gasteiger partial charge in [-0.2, -0.15) is 0 Å². The van der Waals surface area contributed by atoms with E-state index < -0.39 is 0 Å². The van der Waals surface area contributed by atoms with Gasteiger partial charge in [0, 0.05) is 24.3 Å². The molecule has 20 heavy (non-hydrogen) atoms. The van der Waals surface area contributed by atoms with Gasteiger partial charge in [-0.05, 0) is 45.4 Å². The van der Waals surface area contributed by atoms with Gasteiger partial charge < -0.3 is 5.32 Å². The van der Waals surface area contributed by atoms with Gasteiger partial charge in [-0.1, -0.05) is 24.3 Å². The lowest BCUT2D eigenvalue weighted by Crippen LogP contribution is -2.01. The van der Waals surface area contributed by atoms with Crippen molar-refractivity contribution in [2.45, 2.75) is 13.5 Å². The number of hydrogen-bond acceptors (Lipinski definition) is 3. The third kappa shape index (κ3) is 2.65. The molecule has 0 aliphatic carbocycles. The molecule has 2 heterocycles. The van der Waals surface area contributed by atoms with Crippen molar-refractivity contribution in [2.75, 3.05) is 5.32 Å². The van der Waals surface area contributed by atoms with Crippen LogP contribution in [0, 0.1) is 6.92 Å². The first-order valence-electron chi connectivity index (χ1n) is 6.42. The Labute approximate surface area is 126 Å². The lowest BCUT2D eigenvalue weighted by Gasteiger charge is -2.09. The number of nitrogens with zero attached hydrogens (tertiary/aromatic N) is 2. The van der Waals surface area contributed by atoms with Crippen LogP contribution >= 0.6 is 15.9 Å². The molecule has 3 nitrogen and oxygen atoms in total. The molecular weight excluding hydrogens is 314 g/mol. The van der Waals surface area contributed by atoms with Crippen molar-refractivity contribution in [2.24, 2.45) is 0 Å². The van der Waals surface area contributed by atoms with Gasteiger partial charge in [-0.25, -0.2) is 4.98 Å². The monoisotopic (exact) mass is 327 g/mol. The third-order valence-electron chi connectivity index (χ3n) is 3.25. The molecule has 0 radical (unpaired) electrons. The molecule has 2 aromatic heterocycles. The highest BCUT2D eigenvalue weighted by Crippen LogP contribution is 2.20. The highest BCUT2D eigenvalue weighted by atomic mass is 79.9. The Bertz CT molecular complexity index is 750. The summed E-state index contributed by atoms with van der Waals surface area (Å²) in [5, 5.41) is 5.79. The van der Waals surface area contributed by atoms with E-state index in [0.29, 0.717) is 0 Å². The molecule has 0 bridgehead atoms. The number of hydrogen-bond donors (Lipinski definition) is 1. The summed E-state index contributed by atoms with van der Waals surface area (Å²) in [6.07, 6.45) is 5.63. The molecule has 0 unspecified atom stereocenters. The van der Waals surface area contributed by atoms with E-state index in [9.17, 15) is 0 Å². The van der Waals surface area contributed by atoms with Crippen LogP contribution < -0.4 is 5.32 Å². The number of benzene rings is 1. The molecule has 0 aliphatic rings. The largest absolute Gasteiger partial charge is 0.380 e. The number of fused-ring (bicyclic) bond motifs is 1. The smallest absolute Gasteiger partial charge is 0.109 e. The van der Waals surface area contributed by atoms with Crippen LogP contribution in [0.25, 0.3) is 10.8 Å². The zero-order chi connectivity index (χ0) is 13.9.